The largest absolute Gasteiger partial charge is 0.301 e. The molecule has 2 aromatic heterocycles. The van der Waals surface area contributed by atoms with Gasteiger partial charge < -0.3 is 5.32 Å². The van der Waals surface area contributed by atoms with Gasteiger partial charge in [0.1, 0.15) is 5.82 Å². The van der Waals surface area contributed by atoms with Gasteiger partial charge >= 0.3 is 0 Å². The Morgan fingerprint density at radius 2 is 2.16 bits per heavy atom. The molecular weight excluding hydrogens is 341 g/mol. The average Bonchev–Trinajstić information content (AvgIpc) is 3.27. The van der Waals surface area contributed by atoms with Gasteiger partial charge in [-0.25, -0.2) is 9.37 Å². The standard InChI is InChI=1S/C17H18FN5OS/c1-11(16(24)21-17-19-7-8-25-17)23(2)10-13-9-20-22-15(13)12-3-5-14(18)6-4-12/h3-9,11H,10H2,1-2H3,(H,20,22)(H,19,21,24)/t11-/m1/s1. The number of aromatic nitrogens is 3. The Morgan fingerprint density at radius 1 is 1.40 bits per heavy atom. The lowest BCUT2D eigenvalue weighted by molar-refractivity contribution is -0.120. The van der Waals surface area contributed by atoms with Crippen LogP contribution in [0.1, 0.15) is 12.5 Å². The van der Waals surface area contributed by atoms with Crippen molar-refractivity contribution >= 4 is 22.4 Å². The molecule has 0 aliphatic heterocycles. The van der Waals surface area contributed by atoms with E-state index in [-0.39, 0.29) is 17.8 Å². The highest BCUT2D eigenvalue weighted by Gasteiger charge is 2.20. The Bertz CT molecular complexity index is 831. The SMILES string of the molecule is C[C@H](C(=O)Nc1nccs1)N(C)Cc1cn[nH]c1-c1ccc(F)cc1. The molecule has 3 aromatic rings. The first kappa shape index (κ1) is 17.2. The second-order valence-electron chi connectivity index (χ2n) is 5.69. The van der Waals surface area contributed by atoms with Gasteiger partial charge in [0.25, 0.3) is 0 Å². The lowest BCUT2D eigenvalue weighted by atomic mass is 10.1. The number of thiazole rings is 1. The zero-order valence-corrected chi connectivity index (χ0v) is 14.7. The Labute approximate surface area is 148 Å². The molecule has 8 heteroatoms. The summed E-state index contributed by atoms with van der Waals surface area (Å²) in [6.07, 6.45) is 3.37. The van der Waals surface area contributed by atoms with E-state index in [1.165, 1.54) is 23.5 Å². The van der Waals surface area contributed by atoms with Crippen LogP contribution in [0.5, 0.6) is 0 Å². The molecule has 0 aliphatic carbocycles. The number of hydrogen-bond donors (Lipinski definition) is 2. The van der Waals surface area contributed by atoms with Gasteiger partial charge in [0.05, 0.1) is 17.9 Å². The van der Waals surface area contributed by atoms with Crippen molar-refractivity contribution in [3.8, 4) is 11.3 Å². The lowest BCUT2D eigenvalue weighted by Gasteiger charge is -2.23. The zero-order valence-electron chi connectivity index (χ0n) is 13.9. The van der Waals surface area contributed by atoms with Crippen molar-refractivity contribution < 1.29 is 9.18 Å². The Hall–Kier alpha value is -2.58. The van der Waals surface area contributed by atoms with Crippen LogP contribution in [0.15, 0.2) is 42.0 Å². The Morgan fingerprint density at radius 3 is 2.84 bits per heavy atom. The first-order valence-electron chi connectivity index (χ1n) is 7.73. The van der Waals surface area contributed by atoms with Crippen molar-refractivity contribution in [2.24, 2.45) is 0 Å². The summed E-state index contributed by atoms with van der Waals surface area (Å²) >= 11 is 1.38. The van der Waals surface area contributed by atoms with Crippen LogP contribution in [0.3, 0.4) is 0 Å². The van der Waals surface area contributed by atoms with Gasteiger partial charge in [-0.3, -0.25) is 14.8 Å². The van der Waals surface area contributed by atoms with E-state index in [1.54, 1.807) is 24.5 Å². The Kier molecular flexibility index (Phi) is 5.20. The third kappa shape index (κ3) is 4.09. The summed E-state index contributed by atoms with van der Waals surface area (Å²) in [6, 6.07) is 5.87. The maximum Gasteiger partial charge on any atom is 0.243 e. The van der Waals surface area contributed by atoms with Gasteiger partial charge in [0, 0.05) is 29.2 Å². The first-order valence-corrected chi connectivity index (χ1v) is 8.61. The van der Waals surface area contributed by atoms with Crippen molar-refractivity contribution in [3.05, 3.63) is 53.4 Å². The van der Waals surface area contributed by atoms with E-state index >= 15 is 0 Å². The van der Waals surface area contributed by atoms with Crippen LogP contribution >= 0.6 is 11.3 Å². The highest BCUT2D eigenvalue weighted by atomic mass is 32.1. The van der Waals surface area contributed by atoms with Crippen LogP contribution in [0.25, 0.3) is 11.3 Å². The van der Waals surface area contributed by atoms with Crippen LogP contribution in [-0.4, -0.2) is 39.1 Å². The summed E-state index contributed by atoms with van der Waals surface area (Å²) < 4.78 is 13.1. The van der Waals surface area contributed by atoms with E-state index in [0.29, 0.717) is 11.7 Å². The third-order valence-corrected chi connectivity index (χ3v) is 4.66. The van der Waals surface area contributed by atoms with Crippen LogP contribution in [0.4, 0.5) is 9.52 Å². The molecule has 1 amide bonds. The molecule has 1 aromatic carbocycles. The maximum absolute atomic E-state index is 13.1. The number of nitrogens with zero attached hydrogens (tertiary/aromatic N) is 3. The fraction of sp³-hybridized carbons (Fsp3) is 0.235. The fourth-order valence-corrected chi connectivity index (χ4v) is 2.93. The maximum atomic E-state index is 13.1. The van der Waals surface area contributed by atoms with E-state index < -0.39 is 0 Å². The molecule has 1 atom stereocenters. The average molecular weight is 359 g/mol. The van der Waals surface area contributed by atoms with E-state index in [4.69, 9.17) is 0 Å². The third-order valence-electron chi connectivity index (χ3n) is 3.97. The minimum absolute atomic E-state index is 0.121. The zero-order chi connectivity index (χ0) is 17.8. The minimum Gasteiger partial charge on any atom is -0.301 e. The number of H-pyrrole nitrogens is 1. The molecule has 0 unspecified atom stereocenters. The molecule has 2 heterocycles. The number of rotatable bonds is 6. The van der Waals surface area contributed by atoms with Crippen LogP contribution in [-0.2, 0) is 11.3 Å². The highest BCUT2D eigenvalue weighted by Crippen LogP contribution is 2.23. The molecule has 0 spiro atoms. The predicted molar refractivity (Wildman–Crippen MR) is 95.7 cm³/mol. The number of likely N-dealkylation sites (N-methyl/N-ethyl adjacent to an activating group) is 1. The minimum atomic E-state index is -0.347. The molecule has 0 bridgehead atoms. The van der Waals surface area contributed by atoms with E-state index in [1.807, 2.05) is 24.3 Å². The molecule has 3 rings (SSSR count). The van der Waals surface area contributed by atoms with Gasteiger partial charge in [0.15, 0.2) is 5.13 Å². The van der Waals surface area contributed by atoms with Crippen LogP contribution in [0, 0.1) is 5.82 Å². The van der Waals surface area contributed by atoms with Crippen molar-refractivity contribution in [1.82, 2.24) is 20.1 Å². The smallest absolute Gasteiger partial charge is 0.243 e. The number of hydrogen-bond acceptors (Lipinski definition) is 5. The van der Waals surface area contributed by atoms with Crippen LogP contribution in [0.2, 0.25) is 0 Å². The normalized spacial score (nSPS) is 12.3. The quantitative estimate of drug-likeness (QED) is 0.709. The highest BCUT2D eigenvalue weighted by molar-refractivity contribution is 7.13. The van der Waals surface area contributed by atoms with Crippen LogP contribution < -0.4 is 5.32 Å². The van der Waals surface area contributed by atoms with Gasteiger partial charge in [-0.15, -0.1) is 11.3 Å². The molecule has 25 heavy (non-hydrogen) atoms. The number of carbonyl (C=O) groups is 1. The number of amides is 1. The van der Waals surface area contributed by atoms with Gasteiger partial charge in [-0.1, -0.05) is 0 Å². The summed E-state index contributed by atoms with van der Waals surface area (Å²) in [5, 5.41) is 12.2. The second kappa shape index (κ2) is 7.54. The molecule has 0 aliphatic rings. The van der Waals surface area contributed by atoms with Gasteiger partial charge in [0.2, 0.25) is 5.91 Å². The number of carbonyl (C=O) groups excluding carboxylic acids is 1. The molecule has 0 fully saturated rings. The van der Waals surface area contributed by atoms with E-state index in [0.717, 1.165) is 16.8 Å². The number of anilines is 1. The monoisotopic (exact) mass is 359 g/mol. The summed E-state index contributed by atoms with van der Waals surface area (Å²) in [5.41, 5.74) is 2.60. The van der Waals surface area contributed by atoms with Crippen molar-refractivity contribution in [2.45, 2.75) is 19.5 Å². The lowest BCUT2D eigenvalue weighted by Crippen LogP contribution is -2.39. The van der Waals surface area contributed by atoms with Crippen molar-refractivity contribution in [2.75, 3.05) is 12.4 Å². The molecule has 0 saturated carbocycles. The second-order valence-corrected chi connectivity index (χ2v) is 6.59. The predicted octanol–water partition coefficient (Wildman–Crippen LogP) is 3.13. The molecule has 2 N–H and O–H groups in total. The molecule has 0 saturated heterocycles. The molecule has 6 nitrogen and oxygen atoms in total. The summed E-state index contributed by atoms with van der Waals surface area (Å²) in [4.78, 5) is 18.3. The Balaban J connectivity index is 1.68. The molecular formula is C17H18FN5OS. The van der Waals surface area contributed by atoms with Gasteiger partial charge in [-0.2, -0.15) is 5.10 Å². The summed E-state index contributed by atoms with van der Waals surface area (Å²) in [5.74, 6) is -0.404. The topological polar surface area (TPSA) is 73.9 Å². The van der Waals surface area contributed by atoms with Gasteiger partial charge in [-0.05, 0) is 38.2 Å². The van der Waals surface area contributed by atoms with Crippen molar-refractivity contribution in [1.29, 1.82) is 0 Å². The van der Waals surface area contributed by atoms with E-state index in [2.05, 4.69) is 20.5 Å². The number of nitrogens with one attached hydrogen (secondary N) is 2. The first-order chi connectivity index (χ1) is 12.0. The number of aromatic amines is 1. The number of halogens is 1. The molecule has 130 valence electrons. The number of benzene rings is 1. The summed E-state index contributed by atoms with van der Waals surface area (Å²) in [7, 11) is 1.87. The van der Waals surface area contributed by atoms with E-state index in [9.17, 15) is 9.18 Å². The molecule has 0 radical (unpaired) electrons. The summed E-state index contributed by atoms with van der Waals surface area (Å²) in [6.45, 7) is 2.36. The van der Waals surface area contributed by atoms with Crippen molar-refractivity contribution in [3.63, 3.8) is 0 Å². The fourth-order valence-electron chi connectivity index (χ4n) is 2.40.